The van der Waals surface area contributed by atoms with Gasteiger partial charge >= 0.3 is 0 Å². The van der Waals surface area contributed by atoms with Crippen LogP contribution in [0.2, 0.25) is 0 Å². The molecular weight excluding hydrogens is 353 g/mol. The van der Waals surface area contributed by atoms with Crippen LogP contribution in [0.5, 0.6) is 11.5 Å². The Kier molecular flexibility index (Phi) is 4.57. The Balaban J connectivity index is 2.29. The summed E-state index contributed by atoms with van der Waals surface area (Å²) in [5.41, 5.74) is 0.294. The zero-order chi connectivity index (χ0) is 14.7. The number of alkyl halides is 1. The SMILES string of the molecule is O=[N+]([O-])c1ccc(Oc2ccc(F)c(Br)c2)cc1CCl. The second-order valence-electron chi connectivity index (χ2n) is 3.86. The topological polar surface area (TPSA) is 52.4 Å². The molecule has 0 aromatic heterocycles. The van der Waals surface area contributed by atoms with Crippen molar-refractivity contribution in [2.24, 2.45) is 0 Å². The van der Waals surface area contributed by atoms with Gasteiger partial charge < -0.3 is 4.74 Å². The molecule has 2 aromatic carbocycles. The molecule has 0 radical (unpaired) electrons. The molecule has 0 amide bonds. The predicted octanol–water partition coefficient (Wildman–Crippen LogP) is 5.03. The van der Waals surface area contributed by atoms with Crippen LogP contribution >= 0.6 is 27.5 Å². The number of hydrogen-bond acceptors (Lipinski definition) is 3. The second-order valence-corrected chi connectivity index (χ2v) is 4.98. The molecule has 0 heterocycles. The maximum Gasteiger partial charge on any atom is 0.274 e. The lowest BCUT2D eigenvalue weighted by Gasteiger charge is -2.08. The second kappa shape index (κ2) is 6.19. The molecule has 0 aliphatic rings. The smallest absolute Gasteiger partial charge is 0.274 e. The molecule has 2 rings (SSSR count). The van der Waals surface area contributed by atoms with Gasteiger partial charge in [0.15, 0.2) is 0 Å². The fourth-order valence-corrected chi connectivity index (χ4v) is 2.16. The quantitative estimate of drug-likeness (QED) is 0.436. The molecule has 0 aliphatic heterocycles. The van der Waals surface area contributed by atoms with Crippen LogP contribution in [0.15, 0.2) is 40.9 Å². The van der Waals surface area contributed by atoms with Gasteiger partial charge in [0.25, 0.3) is 5.69 Å². The van der Waals surface area contributed by atoms with Gasteiger partial charge in [0.1, 0.15) is 17.3 Å². The standard InChI is InChI=1S/C13H8BrClFNO3/c14-11-6-10(1-3-12(11)16)20-9-2-4-13(17(18)19)8(5-9)7-15/h1-6H,7H2. The number of nitrogens with zero attached hydrogens (tertiary/aromatic N) is 1. The summed E-state index contributed by atoms with van der Waals surface area (Å²) in [6, 6.07) is 8.46. The molecule has 0 atom stereocenters. The van der Waals surface area contributed by atoms with Crippen molar-refractivity contribution in [3.05, 3.63) is 62.4 Å². The Morgan fingerprint density at radius 1 is 1.25 bits per heavy atom. The van der Waals surface area contributed by atoms with E-state index in [1.165, 1.54) is 36.4 Å². The molecule has 4 nitrogen and oxygen atoms in total. The number of rotatable bonds is 4. The predicted molar refractivity (Wildman–Crippen MR) is 76.8 cm³/mol. The van der Waals surface area contributed by atoms with Crippen molar-refractivity contribution in [2.75, 3.05) is 0 Å². The number of nitro groups is 1. The van der Waals surface area contributed by atoms with E-state index in [9.17, 15) is 14.5 Å². The van der Waals surface area contributed by atoms with Gasteiger partial charge in [-0.2, -0.15) is 0 Å². The third-order valence-electron chi connectivity index (χ3n) is 2.52. The molecule has 0 unspecified atom stereocenters. The van der Waals surface area contributed by atoms with E-state index in [0.29, 0.717) is 17.1 Å². The van der Waals surface area contributed by atoms with E-state index >= 15 is 0 Å². The van der Waals surface area contributed by atoms with Crippen molar-refractivity contribution in [2.45, 2.75) is 5.88 Å². The fraction of sp³-hybridized carbons (Fsp3) is 0.0769. The first-order valence-corrected chi connectivity index (χ1v) is 6.80. The summed E-state index contributed by atoms with van der Waals surface area (Å²) in [5.74, 6) is 0.403. The summed E-state index contributed by atoms with van der Waals surface area (Å²) in [4.78, 5) is 10.3. The van der Waals surface area contributed by atoms with Crippen molar-refractivity contribution in [3.8, 4) is 11.5 Å². The van der Waals surface area contributed by atoms with E-state index in [4.69, 9.17) is 16.3 Å². The molecule has 0 fully saturated rings. The van der Waals surface area contributed by atoms with Crippen molar-refractivity contribution < 1.29 is 14.1 Å². The zero-order valence-electron chi connectivity index (χ0n) is 9.98. The summed E-state index contributed by atoms with van der Waals surface area (Å²) >= 11 is 8.73. The van der Waals surface area contributed by atoms with Gasteiger partial charge in [0, 0.05) is 11.6 Å². The first-order chi connectivity index (χ1) is 9.51. The van der Waals surface area contributed by atoms with Crippen molar-refractivity contribution >= 4 is 33.2 Å². The van der Waals surface area contributed by atoms with Crippen molar-refractivity contribution in [1.29, 1.82) is 0 Å². The first-order valence-electron chi connectivity index (χ1n) is 5.47. The number of halogens is 3. The minimum atomic E-state index is -0.504. The third-order valence-corrected chi connectivity index (χ3v) is 3.41. The highest BCUT2D eigenvalue weighted by atomic mass is 79.9. The van der Waals surface area contributed by atoms with Gasteiger partial charge in [-0.1, -0.05) is 0 Å². The minimum absolute atomic E-state index is 0.000621. The molecule has 20 heavy (non-hydrogen) atoms. The minimum Gasteiger partial charge on any atom is -0.457 e. The number of benzene rings is 2. The van der Waals surface area contributed by atoms with E-state index in [1.54, 1.807) is 0 Å². The maximum absolute atomic E-state index is 13.1. The van der Waals surface area contributed by atoms with Gasteiger partial charge in [0.2, 0.25) is 0 Å². The van der Waals surface area contributed by atoms with Gasteiger partial charge in [-0.15, -0.1) is 11.6 Å². The van der Waals surface area contributed by atoms with Crippen LogP contribution in [0.3, 0.4) is 0 Å². The van der Waals surface area contributed by atoms with E-state index in [2.05, 4.69) is 15.9 Å². The van der Waals surface area contributed by atoms with E-state index in [1.807, 2.05) is 0 Å². The highest BCUT2D eigenvalue weighted by molar-refractivity contribution is 9.10. The molecule has 2 aromatic rings. The summed E-state index contributed by atoms with van der Waals surface area (Å²) in [5, 5.41) is 10.8. The molecular formula is C13H8BrClFNO3. The molecule has 0 saturated carbocycles. The van der Waals surface area contributed by atoms with E-state index in [0.717, 1.165) is 0 Å². The third kappa shape index (κ3) is 3.26. The summed E-state index contributed by atoms with van der Waals surface area (Å²) < 4.78 is 18.9. The lowest BCUT2D eigenvalue weighted by Crippen LogP contribution is -1.94. The molecule has 0 saturated heterocycles. The number of nitro benzene ring substituents is 1. The van der Waals surface area contributed by atoms with Crippen LogP contribution in [0, 0.1) is 15.9 Å². The highest BCUT2D eigenvalue weighted by Crippen LogP contribution is 2.30. The Morgan fingerprint density at radius 3 is 2.50 bits per heavy atom. The Bertz CT molecular complexity index is 666. The lowest BCUT2D eigenvalue weighted by atomic mass is 10.2. The van der Waals surface area contributed by atoms with Crippen LogP contribution in [0.4, 0.5) is 10.1 Å². The monoisotopic (exact) mass is 359 g/mol. The lowest BCUT2D eigenvalue weighted by molar-refractivity contribution is -0.385. The fourth-order valence-electron chi connectivity index (χ4n) is 1.59. The average Bonchev–Trinajstić information content (AvgIpc) is 2.42. The van der Waals surface area contributed by atoms with Crippen molar-refractivity contribution in [3.63, 3.8) is 0 Å². The largest absolute Gasteiger partial charge is 0.457 e. The normalized spacial score (nSPS) is 10.3. The Hall–Kier alpha value is -1.66. The van der Waals surface area contributed by atoms with Gasteiger partial charge in [-0.25, -0.2) is 4.39 Å². The van der Waals surface area contributed by atoms with Crippen LogP contribution in [-0.2, 0) is 5.88 Å². The zero-order valence-corrected chi connectivity index (χ0v) is 12.3. The summed E-state index contributed by atoms with van der Waals surface area (Å²) in [6.45, 7) is 0. The van der Waals surface area contributed by atoms with Crippen LogP contribution in [0.25, 0.3) is 0 Å². The molecule has 0 spiro atoms. The van der Waals surface area contributed by atoms with Gasteiger partial charge in [-0.05, 0) is 46.3 Å². The van der Waals surface area contributed by atoms with Crippen LogP contribution in [0.1, 0.15) is 5.56 Å². The average molecular weight is 361 g/mol. The van der Waals surface area contributed by atoms with Crippen LogP contribution < -0.4 is 4.74 Å². The molecule has 0 aliphatic carbocycles. The molecule has 104 valence electrons. The first kappa shape index (κ1) is 14.7. The van der Waals surface area contributed by atoms with Crippen molar-refractivity contribution in [1.82, 2.24) is 0 Å². The number of hydrogen-bond donors (Lipinski definition) is 0. The molecule has 7 heteroatoms. The highest BCUT2D eigenvalue weighted by Gasteiger charge is 2.14. The van der Waals surface area contributed by atoms with Gasteiger partial charge in [-0.3, -0.25) is 10.1 Å². The molecule has 0 bridgehead atoms. The Morgan fingerprint density at radius 2 is 1.90 bits per heavy atom. The van der Waals surface area contributed by atoms with E-state index < -0.39 is 10.7 Å². The summed E-state index contributed by atoms with van der Waals surface area (Å²) in [7, 11) is 0. The molecule has 0 N–H and O–H groups in total. The summed E-state index contributed by atoms with van der Waals surface area (Å²) in [6.07, 6.45) is 0. The van der Waals surface area contributed by atoms with Crippen LogP contribution in [-0.4, -0.2) is 4.92 Å². The number of ether oxygens (including phenoxy) is 1. The Labute approximate surface area is 127 Å². The van der Waals surface area contributed by atoms with Gasteiger partial charge in [0.05, 0.1) is 15.3 Å². The maximum atomic E-state index is 13.1. The van der Waals surface area contributed by atoms with E-state index in [-0.39, 0.29) is 16.0 Å².